The number of hydrogen-bond acceptors (Lipinski definition) is 4. The molecule has 7 nitrogen and oxygen atoms in total. The Bertz CT molecular complexity index is 1230. The molecule has 1 aromatic carbocycles. The molecule has 3 amide bonds. The molecule has 0 saturated carbocycles. The van der Waals surface area contributed by atoms with E-state index in [4.69, 9.17) is 0 Å². The maximum atomic E-state index is 12.8. The van der Waals surface area contributed by atoms with Crippen molar-refractivity contribution in [3.05, 3.63) is 65.5 Å². The summed E-state index contributed by atoms with van der Waals surface area (Å²) in [4.78, 5) is 27.6. The van der Waals surface area contributed by atoms with E-state index in [1.807, 2.05) is 12.3 Å². The number of nitrogens with zero attached hydrogens (tertiary/aromatic N) is 4. The van der Waals surface area contributed by atoms with Crippen LogP contribution in [0.1, 0.15) is 36.0 Å². The van der Waals surface area contributed by atoms with Gasteiger partial charge < -0.3 is 0 Å². The minimum atomic E-state index is -4.31. The Morgan fingerprint density at radius 2 is 1.74 bits per heavy atom. The second kappa shape index (κ2) is 9.33. The van der Waals surface area contributed by atoms with Crippen LogP contribution in [0.4, 0.5) is 23.7 Å². The van der Waals surface area contributed by atoms with E-state index in [-0.39, 0.29) is 12.3 Å². The highest BCUT2D eigenvalue weighted by molar-refractivity contribution is 6.07. The van der Waals surface area contributed by atoms with Gasteiger partial charge in [-0.2, -0.15) is 18.3 Å². The molecule has 5 rings (SSSR count). The number of carbonyl (C=O) groups is 2. The van der Waals surface area contributed by atoms with Crippen molar-refractivity contribution < 1.29 is 22.8 Å². The molecule has 2 aromatic heterocycles. The summed E-state index contributed by atoms with van der Waals surface area (Å²) < 4.78 is 40.0. The molecule has 184 valence electrons. The number of amides is 3. The van der Waals surface area contributed by atoms with Crippen molar-refractivity contribution in [3.8, 4) is 0 Å². The lowest BCUT2D eigenvalue weighted by Gasteiger charge is -2.32. The zero-order valence-electron chi connectivity index (χ0n) is 19.1. The third-order valence-electron chi connectivity index (χ3n) is 6.83. The van der Waals surface area contributed by atoms with Crippen LogP contribution in [0.15, 0.2) is 48.8 Å². The fraction of sp³-hybridized carbons (Fsp3) is 0.400. The molecule has 0 atom stereocenters. The van der Waals surface area contributed by atoms with Gasteiger partial charge in [0.1, 0.15) is 0 Å². The lowest BCUT2D eigenvalue weighted by atomic mass is 9.90. The number of benzene rings is 1. The topological polar surface area (TPSA) is 70.0 Å². The summed E-state index contributed by atoms with van der Waals surface area (Å²) in [7, 11) is 0. The number of hydrogen-bond donors (Lipinski definition) is 1. The summed E-state index contributed by atoms with van der Waals surface area (Å²) in [5, 5.41) is 6.69. The fourth-order valence-corrected chi connectivity index (χ4v) is 4.88. The predicted octanol–water partition coefficient (Wildman–Crippen LogP) is 4.25. The van der Waals surface area contributed by atoms with Crippen LogP contribution in [-0.4, -0.2) is 46.1 Å². The number of alkyl halides is 3. The number of imide groups is 1. The number of halogens is 3. The van der Waals surface area contributed by atoms with E-state index in [0.29, 0.717) is 24.7 Å². The van der Waals surface area contributed by atoms with Crippen molar-refractivity contribution in [2.75, 3.05) is 24.5 Å². The SMILES string of the molecule is O=C1CCN(c2cnn3ccc(CC4CCN(Cc5ccc(C(F)(F)F)cc5)CC4)cc23)C(=O)N1. The van der Waals surface area contributed by atoms with Gasteiger partial charge in [-0.25, -0.2) is 9.31 Å². The maximum Gasteiger partial charge on any atom is 0.416 e. The first kappa shape index (κ1) is 23.3. The quantitative estimate of drug-likeness (QED) is 0.587. The largest absolute Gasteiger partial charge is 0.416 e. The van der Waals surface area contributed by atoms with Crippen molar-refractivity contribution in [1.29, 1.82) is 0 Å². The third-order valence-corrected chi connectivity index (χ3v) is 6.83. The Hall–Kier alpha value is -3.40. The third kappa shape index (κ3) is 5.17. The molecule has 2 saturated heterocycles. The molecule has 0 aliphatic carbocycles. The molecule has 0 bridgehead atoms. The molecular formula is C25H26F3N5O2. The van der Waals surface area contributed by atoms with Crippen molar-refractivity contribution in [2.24, 2.45) is 5.92 Å². The van der Waals surface area contributed by atoms with Crippen molar-refractivity contribution >= 4 is 23.1 Å². The number of anilines is 1. The average molecular weight is 486 g/mol. The summed E-state index contributed by atoms with van der Waals surface area (Å²) in [6.07, 6.45) is 2.41. The van der Waals surface area contributed by atoms with Crippen LogP contribution in [0.25, 0.3) is 5.52 Å². The first-order valence-corrected chi connectivity index (χ1v) is 11.7. The van der Waals surface area contributed by atoms with E-state index >= 15 is 0 Å². The Labute approximate surface area is 200 Å². The van der Waals surface area contributed by atoms with Gasteiger partial charge >= 0.3 is 12.2 Å². The van der Waals surface area contributed by atoms with Gasteiger partial charge in [0.2, 0.25) is 5.91 Å². The van der Waals surface area contributed by atoms with Crippen molar-refractivity contribution in [1.82, 2.24) is 19.8 Å². The van der Waals surface area contributed by atoms with Crippen LogP contribution in [0.5, 0.6) is 0 Å². The summed E-state index contributed by atoms with van der Waals surface area (Å²) >= 11 is 0. The highest BCUT2D eigenvalue weighted by Gasteiger charge is 2.30. The minimum absolute atomic E-state index is 0.258. The standard InChI is InChI=1S/C25H26F3N5O2/c26-25(27,28)20-3-1-18(2-4-20)16-31-9-5-17(6-10-31)13-19-7-12-33-21(14-19)22(15-29-33)32-11-8-23(34)30-24(32)35/h1-4,7,12,14-15,17H,5-6,8-11,13,16H2,(H,30,34,35). The lowest BCUT2D eigenvalue weighted by Crippen LogP contribution is -2.49. The Kier molecular flexibility index (Phi) is 6.22. The highest BCUT2D eigenvalue weighted by Crippen LogP contribution is 2.30. The number of rotatable bonds is 5. The van der Waals surface area contributed by atoms with Gasteiger partial charge in [0.15, 0.2) is 0 Å². The molecule has 1 N–H and O–H groups in total. The van der Waals surface area contributed by atoms with Gasteiger partial charge in [0.05, 0.1) is 23.0 Å². The van der Waals surface area contributed by atoms with E-state index in [9.17, 15) is 22.8 Å². The number of fused-ring (bicyclic) bond motifs is 1. The number of piperidine rings is 1. The lowest BCUT2D eigenvalue weighted by molar-refractivity contribution is -0.137. The zero-order chi connectivity index (χ0) is 24.6. The summed E-state index contributed by atoms with van der Waals surface area (Å²) in [5.41, 5.74) is 2.94. The van der Waals surface area contributed by atoms with Gasteiger partial charge in [-0.05, 0) is 73.7 Å². The van der Waals surface area contributed by atoms with Gasteiger partial charge in [0.25, 0.3) is 0 Å². The smallest absolute Gasteiger partial charge is 0.299 e. The highest BCUT2D eigenvalue weighted by atomic mass is 19.4. The maximum absolute atomic E-state index is 12.8. The molecule has 2 aliphatic rings. The van der Waals surface area contributed by atoms with E-state index in [2.05, 4.69) is 21.4 Å². The Morgan fingerprint density at radius 1 is 1.00 bits per heavy atom. The van der Waals surface area contributed by atoms with Gasteiger partial charge in [-0.15, -0.1) is 0 Å². The van der Waals surface area contributed by atoms with Crippen LogP contribution in [0, 0.1) is 5.92 Å². The van der Waals surface area contributed by atoms with Crippen LogP contribution < -0.4 is 10.2 Å². The fourth-order valence-electron chi connectivity index (χ4n) is 4.88. The number of pyridine rings is 1. The molecule has 10 heteroatoms. The number of aromatic nitrogens is 2. The van der Waals surface area contributed by atoms with Crippen LogP contribution >= 0.6 is 0 Å². The molecule has 0 radical (unpaired) electrons. The Balaban J connectivity index is 1.19. The summed E-state index contributed by atoms with van der Waals surface area (Å²) in [6, 6.07) is 9.08. The van der Waals surface area contributed by atoms with E-state index in [0.717, 1.165) is 61.1 Å². The zero-order valence-corrected chi connectivity index (χ0v) is 19.1. The number of nitrogens with one attached hydrogen (secondary N) is 1. The predicted molar refractivity (Wildman–Crippen MR) is 124 cm³/mol. The summed E-state index contributed by atoms with van der Waals surface area (Å²) in [6.45, 7) is 2.77. The normalized spacial score (nSPS) is 18.3. The van der Waals surface area contributed by atoms with Gasteiger partial charge in [0, 0.05) is 25.7 Å². The van der Waals surface area contributed by atoms with Crippen LogP contribution in [0.2, 0.25) is 0 Å². The van der Waals surface area contributed by atoms with Crippen molar-refractivity contribution in [2.45, 2.75) is 38.4 Å². The second-order valence-corrected chi connectivity index (χ2v) is 9.27. The molecule has 35 heavy (non-hydrogen) atoms. The van der Waals surface area contributed by atoms with E-state index < -0.39 is 17.8 Å². The first-order chi connectivity index (χ1) is 16.8. The average Bonchev–Trinajstić information content (AvgIpc) is 3.23. The van der Waals surface area contributed by atoms with Crippen molar-refractivity contribution in [3.63, 3.8) is 0 Å². The molecule has 3 aromatic rings. The second-order valence-electron chi connectivity index (χ2n) is 9.27. The molecular weight excluding hydrogens is 459 g/mol. The summed E-state index contributed by atoms with van der Waals surface area (Å²) in [5.74, 6) is 0.233. The Morgan fingerprint density at radius 3 is 2.43 bits per heavy atom. The van der Waals surface area contributed by atoms with E-state index in [1.54, 1.807) is 27.7 Å². The molecule has 0 spiro atoms. The number of urea groups is 1. The molecule has 0 unspecified atom stereocenters. The number of carbonyl (C=O) groups excluding carboxylic acids is 2. The molecule has 2 fully saturated rings. The molecule has 4 heterocycles. The first-order valence-electron chi connectivity index (χ1n) is 11.7. The van der Waals surface area contributed by atoms with Crippen LogP contribution in [-0.2, 0) is 23.9 Å². The minimum Gasteiger partial charge on any atom is -0.299 e. The van der Waals surface area contributed by atoms with Crippen LogP contribution in [0.3, 0.4) is 0 Å². The van der Waals surface area contributed by atoms with E-state index in [1.165, 1.54) is 0 Å². The van der Waals surface area contributed by atoms with Gasteiger partial charge in [-0.3, -0.25) is 19.9 Å². The number of likely N-dealkylation sites (tertiary alicyclic amines) is 1. The monoisotopic (exact) mass is 485 g/mol. The molecule has 2 aliphatic heterocycles. The van der Waals surface area contributed by atoms with Gasteiger partial charge in [-0.1, -0.05) is 12.1 Å².